The molecule has 0 aliphatic carbocycles. The fourth-order valence-electron chi connectivity index (χ4n) is 1.73. The van der Waals surface area contributed by atoms with Gasteiger partial charge in [0.1, 0.15) is 11.6 Å². The van der Waals surface area contributed by atoms with Crippen molar-refractivity contribution >= 4 is 6.29 Å². The standard InChI is InChI=1S/C14H22NO/c1-3-5-7-9-13(10-8-6-4-2)14(11-15)12-16/h3-10H2,1-2H3. The lowest BCUT2D eigenvalue weighted by molar-refractivity contribution is 0.561. The normalized spacial score (nSPS) is 9.56. The first-order chi connectivity index (χ1) is 7.79. The first kappa shape index (κ1) is 14.9. The predicted octanol–water partition coefficient (Wildman–Crippen LogP) is 4.08. The molecule has 0 fully saturated rings. The molecule has 0 rings (SSSR count). The highest BCUT2D eigenvalue weighted by Crippen LogP contribution is 2.19. The minimum absolute atomic E-state index is 0.243. The van der Waals surface area contributed by atoms with Gasteiger partial charge in [-0.2, -0.15) is 5.26 Å². The third-order valence-electron chi connectivity index (χ3n) is 2.73. The van der Waals surface area contributed by atoms with Crippen molar-refractivity contribution in [2.45, 2.75) is 65.2 Å². The van der Waals surface area contributed by atoms with Crippen LogP contribution in [0.5, 0.6) is 0 Å². The second-order valence-corrected chi connectivity index (χ2v) is 4.11. The zero-order chi connectivity index (χ0) is 12.2. The minimum Gasteiger partial charge on any atom is -0.284 e. The van der Waals surface area contributed by atoms with Crippen molar-refractivity contribution in [2.24, 2.45) is 0 Å². The second-order valence-electron chi connectivity index (χ2n) is 4.11. The van der Waals surface area contributed by atoms with Crippen LogP contribution >= 0.6 is 0 Å². The molecule has 0 aromatic rings. The van der Waals surface area contributed by atoms with Crippen LogP contribution in [0.2, 0.25) is 0 Å². The molecule has 0 unspecified atom stereocenters. The molecule has 0 saturated carbocycles. The second kappa shape index (κ2) is 10.4. The average Bonchev–Trinajstić information content (AvgIpc) is 2.30. The topological polar surface area (TPSA) is 40.9 Å². The van der Waals surface area contributed by atoms with Gasteiger partial charge in [-0.3, -0.25) is 4.79 Å². The maximum Gasteiger partial charge on any atom is 0.244 e. The summed E-state index contributed by atoms with van der Waals surface area (Å²) < 4.78 is 0. The van der Waals surface area contributed by atoms with Gasteiger partial charge < -0.3 is 0 Å². The third-order valence-corrected chi connectivity index (χ3v) is 2.73. The van der Waals surface area contributed by atoms with Crippen LogP contribution in [0, 0.1) is 11.3 Å². The van der Waals surface area contributed by atoms with Gasteiger partial charge in [0.25, 0.3) is 0 Å². The monoisotopic (exact) mass is 220 g/mol. The first-order valence-corrected chi connectivity index (χ1v) is 6.30. The molecule has 0 aromatic carbocycles. The molecule has 89 valence electrons. The van der Waals surface area contributed by atoms with Crippen LogP contribution in [0.3, 0.4) is 0 Å². The highest BCUT2D eigenvalue weighted by atomic mass is 16.1. The van der Waals surface area contributed by atoms with Crippen molar-refractivity contribution in [1.29, 1.82) is 5.26 Å². The number of nitrogens with zero attached hydrogens (tertiary/aromatic N) is 1. The maximum atomic E-state index is 10.6. The fourth-order valence-corrected chi connectivity index (χ4v) is 1.73. The number of unbranched alkanes of at least 4 members (excludes halogenated alkanes) is 4. The molecule has 0 amide bonds. The number of hydrogen-bond acceptors (Lipinski definition) is 2. The number of carbonyl (C=O) groups excluding carboxylic acids is 1. The lowest BCUT2D eigenvalue weighted by atomic mass is 9.97. The van der Waals surface area contributed by atoms with Crippen LogP contribution < -0.4 is 0 Å². The molecule has 0 N–H and O–H groups in total. The van der Waals surface area contributed by atoms with Gasteiger partial charge in [-0.15, -0.1) is 0 Å². The van der Waals surface area contributed by atoms with Crippen LogP contribution in [0.15, 0.2) is 11.1 Å². The minimum atomic E-state index is 0.243. The van der Waals surface area contributed by atoms with Gasteiger partial charge in [0.05, 0.1) is 0 Å². The molecule has 16 heavy (non-hydrogen) atoms. The Morgan fingerprint density at radius 2 is 1.50 bits per heavy atom. The molecular weight excluding hydrogens is 198 g/mol. The Labute approximate surface area is 99.3 Å². The van der Waals surface area contributed by atoms with Crippen LogP contribution in [-0.4, -0.2) is 6.29 Å². The van der Waals surface area contributed by atoms with Crippen molar-refractivity contribution in [3.05, 3.63) is 11.1 Å². The Bertz CT molecular complexity index is 248. The summed E-state index contributed by atoms with van der Waals surface area (Å²) in [7, 11) is 0. The van der Waals surface area contributed by atoms with Gasteiger partial charge >= 0.3 is 0 Å². The molecule has 0 bridgehead atoms. The van der Waals surface area contributed by atoms with Gasteiger partial charge in [-0.05, 0) is 31.3 Å². The van der Waals surface area contributed by atoms with Gasteiger partial charge in [-0.25, -0.2) is 0 Å². The van der Waals surface area contributed by atoms with Gasteiger partial charge in [0.2, 0.25) is 6.29 Å². The largest absolute Gasteiger partial charge is 0.284 e. The number of rotatable bonds is 9. The smallest absolute Gasteiger partial charge is 0.244 e. The highest BCUT2D eigenvalue weighted by Gasteiger charge is 2.06. The molecule has 0 aliphatic heterocycles. The number of hydrogen-bond donors (Lipinski definition) is 0. The summed E-state index contributed by atoms with van der Waals surface area (Å²) in [6, 6.07) is 1.96. The Kier molecular flexibility index (Phi) is 9.70. The Morgan fingerprint density at radius 3 is 1.81 bits per heavy atom. The average molecular weight is 220 g/mol. The molecule has 0 spiro atoms. The van der Waals surface area contributed by atoms with Crippen molar-refractivity contribution in [2.75, 3.05) is 0 Å². The van der Waals surface area contributed by atoms with Crippen molar-refractivity contribution in [1.82, 2.24) is 0 Å². The van der Waals surface area contributed by atoms with E-state index in [1.165, 1.54) is 0 Å². The summed E-state index contributed by atoms with van der Waals surface area (Å²) in [5, 5.41) is 8.84. The first-order valence-electron chi connectivity index (χ1n) is 6.30. The summed E-state index contributed by atoms with van der Waals surface area (Å²) in [5.41, 5.74) is 1.26. The van der Waals surface area contributed by atoms with E-state index in [9.17, 15) is 4.79 Å². The summed E-state index contributed by atoms with van der Waals surface area (Å²) in [4.78, 5) is 10.6. The summed E-state index contributed by atoms with van der Waals surface area (Å²) in [6.45, 7) is 4.30. The molecule has 0 saturated heterocycles. The van der Waals surface area contributed by atoms with Crippen LogP contribution in [0.25, 0.3) is 0 Å². The van der Waals surface area contributed by atoms with E-state index in [1.54, 1.807) is 6.29 Å². The lowest BCUT2D eigenvalue weighted by Gasteiger charge is -2.07. The maximum absolute atomic E-state index is 10.6. The van der Waals surface area contributed by atoms with E-state index in [-0.39, 0.29) is 5.57 Å². The molecular formula is C14H22NO. The van der Waals surface area contributed by atoms with Crippen LogP contribution in [0.4, 0.5) is 0 Å². The van der Waals surface area contributed by atoms with Crippen LogP contribution in [0.1, 0.15) is 65.2 Å². The van der Waals surface area contributed by atoms with Gasteiger partial charge in [0, 0.05) is 0 Å². The highest BCUT2D eigenvalue weighted by molar-refractivity contribution is 5.80. The van der Waals surface area contributed by atoms with Crippen LogP contribution in [-0.2, 0) is 4.79 Å². The molecule has 0 aliphatic rings. The summed E-state index contributed by atoms with van der Waals surface area (Å²) >= 11 is 0. The van der Waals surface area contributed by atoms with E-state index in [1.807, 2.05) is 6.07 Å². The molecule has 0 atom stereocenters. The van der Waals surface area contributed by atoms with Crippen molar-refractivity contribution in [3.8, 4) is 6.07 Å². The molecule has 2 nitrogen and oxygen atoms in total. The zero-order valence-electron chi connectivity index (χ0n) is 10.5. The van der Waals surface area contributed by atoms with E-state index in [0.717, 1.165) is 56.9 Å². The molecule has 0 aromatic heterocycles. The van der Waals surface area contributed by atoms with E-state index in [4.69, 9.17) is 5.26 Å². The fraction of sp³-hybridized carbons (Fsp3) is 0.714. The van der Waals surface area contributed by atoms with Crippen molar-refractivity contribution in [3.63, 3.8) is 0 Å². The third kappa shape index (κ3) is 6.40. The molecule has 0 heterocycles. The molecule has 1 radical (unpaired) electrons. The van der Waals surface area contributed by atoms with E-state index in [2.05, 4.69) is 13.8 Å². The van der Waals surface area contributed by atoms with E-state index in [0.29, 0.717) is 0 Å². The summed E-state index contributed by atoms with van der Waals surface area (Å²) in [5.74, 6) is 0. The Balaban J connectivity index is 4.32. The Morgan fingerprint density at radius 1 is 1.00 bits per heavy atom. The Hall–Kier alpha value is -1.10. The summed E-state index contributed by atoms with van der Waals surface area (Å²) in [6.07, 6.45) is 10.3. The lowest BCUT2D eigenvalue weighted by Crippen LogP contribution is -1.93. The zero-order valence-corrected chi connectivity index (χ0v) is 10.5. The SMILES string of the molecule is CCCCCC(CCCCC)=C([C]=O)C#N. The van der Waals surface area contributed by atoms with Gasteiger partial charge in [-0.1, -0.05) is 39.5 Å². The quantitative estimate of drug-likeness (QED) is 0.334. The number of nitriles is 1. The van der Waals surface area contributed by atoms with Crippen molar-refractivity contribution < 1.29 is 4.79 Å². The predicted molar refractivity (Wildman–Crippen MR) is 66.6 cm³/mol. The van der Waals surface area contributed by atoms with E-state index < -0.39 is 0 Å². The van der Waals surface area contributed by atoms with E-state index >= 15 is 0 Å². The molecule has 2 heteroatoms. The van der Waals surface area contributed by atoms with Gasteiger partial charge in [0.15, 0.2) is 0 Å². The number of allylic oxidation sites excluding steroid dienone is 2.